The van der Waals surface area contributed by atoms with Crippen molar-refractivity contribution < 1.29 is 29.3 Å². The largest absolute Gasteiger partial charge is 0.504 e. The molecule has 0 heterocycles. The van der Waals surface area contributed by atoms with Crippen molar-refractivity contribution in [3.63, 3.8) is 0 Å². The number of hydrogen-bond acceptors (Lipinski definition) is 6. The Kier molecular flexibility index (Phi) is 7.15. The molecule has 8 nitrogen and oxygen atoms in total. The summed E-state index contributed by atoms with van der Waals surface area (Å²) in [5, 5.41) is 25.6. The number of phenolic OH excluding ortho intramolecular Hbond substituents is 2. The summed E-state index contributed by atoms with van der Waals surface area (Å²) in [5.74, 6) is -1.41. The second-order valence-electron chi connectivity index (χ2n) is 7.81. The molecular weight excluding hydrogens is 388 g/mol. The average Bonchev–Trinajstić information content (AvgIpc) is 2.65. The fraction of sp³-hybridized carbons (Fsp3) is 0.364. The van der Waals surface area contributed by atoms with Crippen LogP contribution in [0.5, 0.6) is 17.2 Å². The van der Waals surface area contributed by atoms with Crippen LogP contribution < -0.4 is 15.4 Å². The van der Waals surface area contributed by atoms with E-state index in [1.807, 2.05) is 30.3 Å². The number of methoxy groups -OCH3 is 1. The van der Waals surface area contributed by atoms with Gasteiger partial charge in [0.1, 0.15) is 11.6 Å². The van der Waals surface area contributed by atoms with E-state index in [0.717, 1.165) is 5.56 Å². The first-order valence-electron chi connectivity index (χ1n) is 9.46. The smallest absolute Gasteiger partial charge is 0.408 e. The van der Waals surface area contributed by atoms with Crippen LogP contribution in [0.25, 0.3) is 0 Å². The Balaban J connectivity index is 2.33. The normalized spacial score (nSPS) is 13.1. The third-order valence-electron chi connectivity index (χ3n) is 4.19. The van der Waals surface area contributed by atoms with Gasteiger partial charge in [0.2, 0.25) is 11.7 Å². The summed E-state index contributed by atoms with van der Waals surface area (Å²) in [4.78, 5) is 25.4. The Morgan fingerprint density at radius 2 is 1.53 bits per heavy atom. The number of carbonyl (C=O) groups excluding carboxylic acids is 2. The molecule has 0 unspecified atom stereocenters. The van der Waals surface area contributed by atoms with Crippen LogP contribution in [-0.4, -0.2) is 34.9 Å². The maximum atomic E-state index is 13.0. The third kappa shape index (κ3) is 6.04. The standard InChI is InChI=1S/C22H28N2O6/c1-13(14-9-7-6-8-10-14)23-20(27)18(24-21(28)30-22(2,3)4)15-11-16(25)19(29-5)17(26)12-15/h6-13,18,25-26H,1-5H3,(H,23,27)(H,24,28)/t13-,18+/m0/s1. The zero-order chi connectivity index (χ0) is 22.5. The van der Waals surface area contributed by atoms with Gasteiger partial charge in [-0.3, -0.25) is 4.79 Å². The van der Waals surface area contributed by atoms with Crippen molar-refractivity contribution in [1.29, 1.82) is 0 Å². The predicted molar refractivity (Wildman–Crippen MR) is 111 cm³/mol. The Bertz CT molecular complexity index is 869. The van der Waals surface area contributed by atoms with Crippen molar-refractivity contribution in [2.24, 2.45) is 0 Å². The fourth-order valence-electron chi connectivity index (χ4n) is 2.84. The van der Waals surface area contributed by atoms with Crippen LogP contribution in [0.15, 0.2) is 42.5 Å². The Hall–Kier alpha value is -3.42. The third-order valence-corrected chi connectivity index (χ3v) is 4.19. The monoisotopic (exact) mass is 416 g/mol. The quantitative estimate of drug-likeness (QED) is 0.572. The van der Waals surface area contributed by atoms with Crippen molar-refractivity contribution in [1.82, 2.24) is 10.6 Å². The van der Waals surface area contributed by atoms with Crippen LogP contribution in [0, 0.1) is 0 Å². The van der Waals surface area contributed by atoms with Gasteiger partial charge in [-0.15, -0.1) is 0 Å². The molecule has 0 aromatic heterocycles. The first-order valence-corrected chi connectivity index (χ1v) is 9.46. The lowest BCUT2D eigenvalue weighted by Crippen LogP contribution is -2.43. The second-order valence-corrected chi connectivity index (χ2v) is 7.81. The molecule has 2 rings (SSSR count). The molecule has 0 aliphatic heterocycles. The molecule has 8 heteroatoms. The lowest BCUT2D eigenvalue weighted by atomic mass is 10.0. The maximum Gasteiger partial charge on any atom is 0.408 e. The van der Waals surface area contributed by atoms with E-state index in [1.54, 1.807) is 27.7 Å². The molecule has 4 N–H and O–H groups in total. The molecule has 0 bridgehead atoms. The highest BCUT2D eigenvalue weighted by Gasteiger charge is 2.28. The van der Waals surface area contributed by atoms with Gasteiger partial charge < -0.3 is 30.3 Å². The highest BCUT2D eigenvalue weighted by Crippen LogP contribution is 2.38. The summed E-state index contributed by atoms with van der Waals surface area (Å²) in [6.07, 6.45) is -0.815. The molecule has 0 aliphatic carbocycles. The molecule has 0 spiro atoms. The molecule has 0 saturated heterocycles. The SMILES string of the molecule is COc1c(O)cc([C@@H](NC(=O)OC(C)(C)C)C(=O)N[C@@H](C)c2ccccc2)cc1O. The van der Waals surface area contributed by atoms with Gasteiger partial charge in [0.25, 0.3) is 0 Å². The van der Waals surface area contributed by atoms with Gasteiger partial charge in [0, 0.05) is 0 Å². The van der Waals surface area contributed by atoms with E-state index in [4.69, 9.17) is 9.47 Å². The van der Waals surface area contributed by atoms with Gasteiger partial charge >= 0.3 is 6.09 Å². The van der Waals surface area contributed by atoms with Crippen LogP contribution >= 0.6 is 0 Å². The summed E-state index contributed by atoms with van der Waals surface area (Å²) in [6.45, 7) is 6.90. The van der Waals surface area contributed by atoms with Gasteiger partial charge in [-0.1, -0.05) is 30.3 Å². The molecule has 0 aliphatic rings. The minimum absolute atomic E-state index is 0.132. The summed E-state index contributed by atoms with van der Waals surface area (Å²) in [7, 11) is 1.29. The number of ether oxygens (including phenoxy) is 2. The van der Waals surface area contributed by atoms with Gasteiger partial charge in [0.15, 0.2) is 11.5 Å². The minimum Gasteiger partial charge on any atom is -0.504 e. The van der Waals surface area contributed by atoms with Crippen molar-refractivity contribution in [2.75, 3.05) is 7.11 Å². The number of rotatable bonds is 6. The van der Waals surface area contributed by atoms with Crippen LogP contribution in [0.1, 0.15) is 50.9 Å². The summed E-state index contributed by atoms with van der Waals surface area (Å²) >= 11 is 0. The van der Waals surface area contributed by atoms with E-state index in [-0.39, 0.29) is 28.9 Å². The molecule has 2 atom stereocenters. The number of nitrogens with one attached hydrogen (secondary N) is 2. The second kappa shape index (κ2) is 9.39. The predicted octanol–water partition coefficient (Wildman–Crippen LogP) is 3.55. The summed E-state index contributed by atoms with van der Waals surface area (Å²) in [5.41, 5.74) is 0.267. The number of carbonyl (C=O) groups is 2. The van der Waals surface area contributed by atoms with E-state index in [2.05, 4.69) is 10.6 Å². The number of aromatic hydroxyl groups is 2. The number of alkyl carbamates (subject to hydrolysis) is 1. The topological polar surface area (TPSA) is 117 Å². The minimum atomic E-state index is -1.23. The van der Waals surface area contributed by atoms with Gasteiger partial charge in [0.05, 0.1) is 13.2 Å². The summed E-state index contributed by atoms with van der Waals surface area (Å²) in [6, 6.07) is 10.2. The number of hydrogen-bond donors (Lipinski definition) is 4. The lowest BCUT2D eigenvalue weighted by Gasteiger charge is -2.25. The summed E-state index contributed by atoms with van der Waals surface area (Å²) < 4.78 is 10.2. The zero-order valence-corrected chi connectivity index (χ0v) is 17.7. The van der Waals surface area contributed by atoms with Crippen LogP contribution in [0.3, 0.4) is 0 Å². The van der Waals surface area contributed by atoms with Crippen LogP contribution in [0.2, 0.25) is 0 Å². The first kappa shape index (κ1) is 22.9. The van der Waals surface area contributed by atoms with E-state index < -0.39 is 23.6 Å². The first-order chi connectivity index (χ1) is 14.0. The van der Waals surface area contributed by atoms with E-state index in [0.29, 0.717) is 0 Å². The molecular formula is C22H28N2O6. The van der Waals surface area contributed by atoms with Crippen LogP contribution in [0.4, 0.5) is 4.79 Å². The van der Waals surface area contributed by atoms with Crippen molar-refractivity contribution in [3.8, 4) is 17.2 Å². The fourth-order valence-corrected chi connectivity index (χ4v) is 2.84. The Morgan fingerprint density at radius 1 is 0.967 bits per heavy atom. The van der Waals surface area contributed by atoms with Gasteiger partial charge in [-0.2, -0.15) is 0 Å². The van der Waals surface area contributed by atoms with Crippen molar-refractivity contribution >= 4 is 12.0 Å². The molecule has 0 radical (unpaired) electrons. The molecule has 30 heavy (non-hydrogen) atoms. The Labute approximate surface area is 175 Å². The van der Waals surface area contributed by atoms with E-state index in [9.17, 15) is 19.8 Å². The van der Waals surface area contributed by atoms with Crippen molar-refractivity contribution in [3.05, 3.63) is 53.6 Å². The number of phenols is 2. The maximum absolute atomic E-state index is 13.0. The molecule has 2 amide bonds. The molecule has 162 valence electrons. The van der Waals surface area contributed by atoms with E-state index >= 15 is 0 Å². The highest BCUT2D eigenvalue weighted by atomic mass is 16.6. The molecule has 2 aromatic carbocycles. The van der Waals surface area contributed by atoms with Crippen molar-refractivity contribution in [2.45, 2.75) is 45.4 Å². The molecule has 0 fully saturated rings. The zero-order valence-electron chi connectivity index (χ0n) is 17.7. The van der Waals surface area contributed by atoms with Gasteiger partial charge in [-0.05, 0) is 51.0 Å². The Morgan fingerprint density at radius 3 is 2.03 bits per heavy atom. The van der Waals surface area contributed by atoms with Crippen LogP contribution in [-0.2, 0) is 9.53 Å². The molecule has 0 saturated carbocycles. The highest BCUT2D eigenvalue weighted by molar-refractivity contribution is 5.87. The van der Waals surface area contributed by atoms with Gasteiger partial charge in [-0.25, -0.2) is 4.79 Å². The number of amides is 2. The number of benzene rings is 2. The van der Waals surface area contributed by atoms with E-state index in [1.165, 1.54) is 19.2 Å². The average molecular weight is 416 g/mol. The molecule has 2 aromatic rings. The lowest BCUT2D eigenvalue weighted by molar-refractivity contribution is -0.124.